The van der Waals surface area contributed by atoms with Crippen LogP contribution in [-0.4, -0.2) is 91.5 Å². The van der Waals surface area contributed by atoms with Crippen molar-refractivity contribution in [3.05, 3.63) is 29.8 Å². The molecule has 0 unspecified atom stereocenters. The number of piperazine rings is 1. The lowest BCUT2D eigenvalue weighted by atomic mass is 10.2. The van der Waals surface area contributed by atoms with Gasteiger partial charge in [0.15, 0.2) is 0 Å². The fourth-order valence-corrected chi connectivity index (χ4v) is 2.22. The summed E-state index contributed by atoms with van der Waals surface area (Å²) in [5.41, 5.74) is 1.25. The van der Waals surface area contributed by atoms with Crippen molar-refractivity contribution in [2.45, 2.75) is 6.92 Å². The Bertz CT molecular complexity index is 529. The van der Waals surface area contributed by atoms with Crippen LogP contribution >= 0.6 is 0 Å². The number of likely N-dealkylation sites (N-methyl/N-ethyl adjacent to an activating group) is 1. The third-order valence-electron chi connectivity index (χ3n) is 3.85. The molecule has 1 fully saturated rings. The van der Waals surface area contributed by atoms with Gasteiger partial charge in [0.1, 0.15) is 12.4 Å². The van der Waals surface area contributed by atoms with Crippen LogP contribution in [0.25, 0.3) is 0 Å². The van der Waals surface area contributed by atoms with Gasteiger partial charge in [0, 0.05) is 32.7 Å². The van der Waals surface area contributed by atoms with E-state index in [0.29, 0.717) is 13.2 Å². The Morgan fingerprint density at radius 1 is 0.962 bits per heavy atom. The van der Waals surface area contributed by atoms with Crippen molar-refractivity contribution < 1.29 is 29.3 Å². The first-order valence-corrected chi connectivity index (χ1v) is 8.53. The Kier molecular flexibility index (Phi) is 10.3. The maximum Gasteiger partial charge on any atom is 0.414 e. The molecule has 0 bridgehead atoms. The number of carboxylic acids is 2. The summed E-state index contributed by atoms with van der Waals surface area (Å²) >= 11 is 0. The van der Waals surface area contributed by atoms with Gasteiger partial charge in [-0.3, -0.25) is 4.90 Å². The van der Waals surface area contributed by atoms with Crippen molar-refractivity contribution in [1.82, 2.24) is 9.80 Å². The molecule has 1 aromatic carbocycles. The summed E-state index contributed by atoms with van der Waals surface area (Å²) in [5, 5.41) is 14.8. The standard InChI is InChI=1S/C16H26N2O2.C2H2O4/c1-15-3-5-16(6-4-15)20-14-13-19-12-11-18-9-7-17(2)8-10-18;3-1(4)2(5)6/h3-6H,7-14H2,1-2H3;(H,3,4)(H,5,6). The molecule has 2 rings (SSSR count). The Morgan fingerprint density at radius 3 is 2.08 bits per heavy atom. The number of carboxylic acid groups (broad SMARTS) is 2. The van der Waals surface area contributed by atoms with Crippen molar-refractivity contribution in [3.8, 4) is 5.75 Å². The van der Waals surface area contributed by atoms with E-state index in [9.17, 15) is 0 Å². The van der Waals surface area contributed by atoms with E-state index in [1.54, 1.807) is 0 Å². The summed E-state index contributed by atoms with van der Waals surface area (Å²) in [6.07, 6.45) is 0. The highest BCUT2D eigenvalue weighted by Crippen LogP contribution is 2.10. The molecule has 0 spiro atoms. The lowest BCUT2D eigenvalue weighted by molar-refractivity contribution is -0.159. The van der Waals surface area contributed by atoms with Gasteiger partial charge in [0.2, 0.25) is 0 Å². The van der Waals surface area contributed by atoms with Crippen LogP contribution in [0.5, 0.6) is 5.75 Å². The van der Waals surface area contributed by atoms with Gasteiger partial charge in [-0.1, -0.05) is 17.7 Å². The van der Waals surface area contributed by atoms with Gasteiger partial charge in [0.05, 0.1) is 13.2 Å². The highest BCUT2D eigenvalue weighted by Gasteiger charge is 2.12. The summed E-state index contributed by atoms with van der Waals surface area (Å²) in [5.74, 6) is -2.73. The second-order valence-electron chi connectivity index (χ2n) is 6.03. The maximum absolute atomic E-state index is 9.10. The molecule has 1 aromatic rings. The molecule has 0 atom stereocenters. The lowest BCUT2D eigenvalue weighted by Gasteiger charge is -2.32. The molecule has 26 heavy (non-hydrogen) atoms. The minimum atomic E-state index is -1.82. The van der Waals surface area contributed by atoms with Crippen molar-refractivity contribution in [2.75, 3.05) is 59.6 Å². The number of carbonyl (C=O) groups is 2. The molecule has 1 heterocycles. The minimum absolute atomic E-state index is 0.617. The number of rotatable bonds is 7. The molecule has 0 saturated carbocycles. The Hall–Kier alpha value is -2.16. The molecule has 146 valence electrons. The first-order valence-electron chi connectivity index (χ1n) is 8.53. The van der Waals surface area contributed by atoms with Gasteiger partial charge in [-0.15, -0.1) is 0 Å². The van der Waals surface area contributed by atoms with Gasteiger partial charge in [-0.25, -0.2) is 9.59 Å². The van der Waals surface area contributed by atoms with Crippen LogP contribution in [0.1, 0.15) is 5.56 Å². The molecule has 1 aliphatic rings. The highest BCUT2D eigenvalue weighted by molar-refractivity contribution is 6.27. The minimum Gasteiger partial charge on any atom is -0.491 e. The molecule has 8 heteroatoms. The molecule has 0 radical (unpaired) electrons. The molecule has 2 N–H and O–H groups in total. The van der Waals surface area contributed by atoms with E-state index >= 15 is 0 Å². The third-order valence-corrected chi connectivity index (χ3v) is 3.85. The number of hydrogen-bond acceptors (Lipinski definition) is 6. The third kappa shape index (κ3) is 9.97. The second-order valence-corrected chi connectivity index (χ2v) is 6.03. The van der Waals surface area contributed by atoms with Gasteiger partial charge >= 0.3 is 11.9 Å². The molecule has 1 aliphatic heterocycles. The fourth-order valence-electron chi connectivity index (χ4n) is 2.22. The maximum atomic E-state index is 9.10. The first-order chi connectivity index (χ1) is 12.4. The SMILES string of the molecule is Cc1ccc(OCCOCCN2CCN(C)CC2)cc1.O=C(O)C(=O)O. The zero-order chi connectivity index (χ0) is 19.4. The molecule has 0 aliphatic carbocycles. The van der Waals surface area contributed by atoms with E-state index in [2.05, 4.69) is 35.9 Å². The molecule has 8 nitrogen and oxygen atoms in total. The quantitative estimate of drug-likeness (QED) is 0.538. The average Bonchev–Trinajstić information content (AvgIpc) is 2.61. The predicted molar refractivity (Wildman–Crippen MR) is 96.7 cm³/mol. The largest absolute Gasteiger partial charge is 0.491 e. The number of ether oxygens (including phenoxy) is 2. The van der Waals surface area contributed by atoms with Crippen molar-refractivity contribution >= 4 is 11.9 Å². The Labute approximate surface area is 153 Å². The van der Waals surface area contributed by atoms with E-state index in [1.165, 1.54) is 5.56 Å². The van der Waals surface area contributed by atoms with Gasteiger partial charge in [-0.2, -0.15) is 0 Å². The van der Waals surface area contributed by atoms with E-state index in [1.807, 2.05) is 12.1 Å². The average molecular weight is 368 g/mol. The van der Waals surface area contributed by atoms with Crippen molar-refractivity contribution in [3.63, 3.8) is 0 Å². The summed E-state index contributed by atoms with van der Waals surface area (Å²) < 4.78 is 11.3. The fraction of sp³-hybridized carbons (Fsp3) is 0.556. The predicted octanol–water partition coefficient (Wildman–Crippen LogP) is 0.793. The Morgan fingerprint density at radius 2 is 1.54 bits per heavy atom. The van der Waals surface area contributed by atoms with E-state index in [4.69, 9.17) is 29.3 Å². The first kappa shape index (κ1) is 21.9. The van der Waals surface area contributed by atoms with Crippen LogP contribution in [0.15, 0.2) is 24.3 Å². The number of hydrogen-bond donors (Lipinski definition) is 2. The van der Waals surface area contributed by atoms with Crippen molar-refractivity contribution in [1.29, 1.82) is 0 Å². The van der Waals surface area contributed by atoms with Crippen LogP contribution < -0.4 is 4.74 Å². The smallest absolute Gasteiger partial charge is 0.414 e. The summed E-state index contributed by atoms with van der Waals surface area (Å²) in [6.45, 7) is 9.80. The number of nitrogens with zero attached hydrogens (tertiary/aromatic N) is 2. The second kappa shape index (κ2) is 12.2. The summed E-state index contributed by atoms with van der Waals surface area (Å²) in [4.78, 5) is 23.0. The van der Waals surface area contributed by atoms with Gasteiger partial charge in [0.25, 0.3) is 0 Å². The van der Waals surface area contributed by atoms with E-state index < -0.39 is 11.9 Å². The van der Waals surface area contributed by atoms with Crippen LogP contribution in [0.3, 0.4) is 0 Å². The van der Waals surface area contributed by atoms with Crippen LogP contribution in [0.2, 0.25) is 0 Å². The highest BCUT2D eigenvalue weighted by atomic mass is 16.5. The number of aryl methyl sites for hydroxylation is 1. The molecule has 0 amide bonds. The zero-order valence-electron chi connectivity index (χ0n) is 15.4. The normalized spacial score (nSPS) is 15.0. The van der Waals surface area contributed by atoms with Crippen LogP contribution in [0, 0.1) is 6.92 Å². The summed E-state index contributed by atoms with van der Waals surface area (Å²) in [7, 11) is 2.18. The van der Waals surface area contributed by atoms with E-state index in [-0.39, 0.29) is 0 Å². The molecule has 0 aromatic heterocycles. The molecule has 1 saturated heterocycles. The van der Waals surface area contributed by atoms with Crippen molar-refractivity contribution in [2.24, 2.45) is 0 Å². The zero-order valence-corrected chi connectivity index (χ0v) is 15.4. The monoisotopic (exact) mass is 368 g/mol. The van der Waals surface area contributed by atoms with E-state index in [0.717, 1.165) is 45.1 Å². The van der Waals surface area contributed by atoms with Crippen LogP contribution in [0.4, 0.5) is 0 Å². The molecular formula is C18H28N2O6. The van der Waals surface area contributed by atoms with Gasteiger partial charge in [-0.05, 0) is 26.1 Å². The number of aliphatic carboxylic acids is 2. The van der Waals surface area contributed by atoms with Gasteiger partial charge < -0.3 is 24.6 Å². The summed E-state index contributed by atoms with van der Waals surface area (Å²) in [6, 6.07) is 8.12. The lowest BCUT2D eigenvalue weighted by Crippen LogP contribution is -2.45. The number of benzene rings is 1. The molecular weight excluding hydrogens is 340 g/mol. The van der Waals surface area contributed by atoms with Crippen LogP contribution in [-0.2, 0) is 14.3 Å². The topological polar surface area (TPSA) is 99.5 Å². The Balaban J connectivity index is 0.000000487.